The van der Waals surface area contributed by atoms with Crippen molar-refractivity contribution in [2.24, 2.45) is 0 Å². The number of nitrogens with zero attached hydrogens (tertiary/aromatic N) is 1. The van der Waals surface area contributed by atoms with Crippen LogP contribution in [0, 0.1) is 0 Å². The van der Waals surface area contributed by atoms with Crippen molar-refractivity contribution >= 4 is 15.9 Å². The highest BCUT2D eigenvalue weighted by Crippen LogP contribution is 2.17. The zero-order valence-electron chi connectivity index (χ0n) is 9.28. The highest BCUT2D eigenvalue weighted by Gasteiger charge is 2.10. The molecule has 0 spiro atoms. The van der Waals surface area contributed by atoms with E-state index in [0.29, 0.717) is 6.54 Å². The van der Waals surface area contributed by atoms with Gasteiger partial charge >= 0.3 is 0 Å². The molecule has 0 saturated heterocycles. The Bertz CT molecular complexity index is 282. The minimum Gasteiger partial charge on any atom is -0.387 e. The van der Waals surface area contributed by atoms with Crippen molar-refractivity contribution in [3.63, 3.8) is 0 Å². The maximum absolute atomic E-state index is 9.99. The second kappa shape index (κ2) is 6.26. The fraction of sp³-hybridized carbons (Fsp3) is 0.500. The van der Waals surface area contributed by atoms with Gasteiger partial charge < -0.3 is 10.0 Å². The van der Waals surface area contributed by atoms with E-state index in [1.807, 2.05) is 24.3 Å². The average Bonchev–Trinajstić information content (AvgIpc) is 2.26. The van der Waals surface area contributed by atoms with Gasteiger partial charge in [-0.3, -0.25) is 0 Å². The van der Waals surface area contributed by atoms with Crippen LogP contribution in [0.2, 0.25) is 0 Å². The minimum absolute atomic E-state index is 0.391. The van der Waals surface area contributed by atoms with Crippen molar-refractivity contribution in [2.45, 2.75) is 20.0 Å². The molecule has 1 atom stereocenters. The third kappa shape index (κ3) is 3.93. The SMILES string of the molecule is CCN(CC)CC(O)c1ccc(Br)cc1. The number of halogens is 1. The summed E-state index contributed by atoms with van der Waals surface area (Å²) in [6.45, 7) is 6.87. The van der Waals surface area contributed by atoms with E-state index in [4.69, 9.17) is 0 Å². The number of aliphatic hydroxyl groups excluding tert-OH is 1. The van der Waals surface area contributed by atoms with Crippen LogP contribution >= 0.6 is 15.9 Å². The molecule has 0 aromatic heterocycles. The lowest BCUT2D eigenvalue weighted by Gasteiger charge is -2.22. The van der Waals surface area contributed by atoms with E-state index in [2.05, 4.69) is 34.7 Å². The Balaban J connectivity index is 2.60. The number of benzene rings is 1. The van der Waals surface area contributed by atoms with E-state index in [9.17, 15) is 5.11 Å². The Morgan fingerprint density at radius 2 is 1.73 bits per heavy atom. The third-order valence-electron chi connectivity index (χ3n) is 2.58. The second-order valence-corrected chi connectivity index (χ2v) is 4.47. The summed E-state index contributed by atoms with van der Waals surface area (Å²) in [6.07, 6.45) is -0.391. The molecule has 2 nitrogen and oxygen atoms in total. The number of hydrogen-bond acceptors (Lipinski definition) is 2. The van der Waals surface area contributed by atoms with E-state index in [1.165, 1.54) is 0 Å². The molecule has 0 aliphatic rings. The molecule has 0 aliphatic heterocycles. The van der Waals surface area contributed by atoms with Crippen LogP contribution in [0.25, 0.3) is 0 Å². The molecule has 1 aromatic carbocycles. The maximum Gasteiger partial charge on any atom is 0.0916 e. The normalized spacial score (nSPS) is 13.1. The van der Waals surface area contributed by atoms with Crippen molar-refractivity contribution in [2.75, 3.05) is 19.6 Å². The molecule has 1 unspecified atom stereocenters. The predicted molar refractivity (Wildman–Crippen MR) is 66.9 cm³/mol. The zero-order chi connectivity index (χ0) is 11.3. The quantitative estimate of drug-likeness (QED) is 0.891. The molecule has 0 bridgehead atoms. The van der Waals surface area contributed by atoms with Crippen molar-refractivity contribution in [1.82, 2.24) is 4.90 Å². The maximum atomic E-state index is 9.99. The van der Waals surface area contributed by atoms with Crippen LogP contribution in [0.3, 0.4) is 0 Å². The molecule has 1 rings (SSSR count). The molecular formula is C12H18BrNO. The molecule has 0 heterocycles. The fourth-order valence-electron chi connectivity index (χ4n) is 1.52. The van der Waals surface area contributed by atoms with E-state index in [1.54, 1.807) is 0 Å². The summed E-state index contributed by atoms with van der Waals surface area (Å²) in [4.78, 5) is 2.21. The number of rotatable bonds is 5. The lowest BCUT2D eigenvalue weighted by atomic mass is 10.1. The first kappa shape index (κ1) is 12.7. The highest BCUT2D eigenvalue weighted by atomic mass is 79.9. The Morgan fingerprint density at radius 1 is 1.20 bits per heavy atom. The zero-order valence-corrected chi connectivity index (χ0v) is 10.9. The predicted octanol–water partition coefficient (Wildman–Crippen LogP) is 2.82. The van der Waals surface area contributed by atoms with Crippen LogP contribution in [-0.4, -0.2) is 29.6 Å². The molecule has 84 valence electrons. The first-order valence-electron chi connectivity index (χ1n) is 5.33. The Kier molecular flexibility index (Phi) is 5.29. The van der Waals surface area contributed by atoms with Crippen LogP contribution < -0.4 is 0 Å². The molecule has 0 saturated carbocycles. The van der Waals surface area contributed by atoms with Gasteiger partial charge in [0.15, 0.2) is 0 Å². The molecule has 1 N–H and O–H groups in total. The van der Waals surface area contributed by atoms with Crippen molar-refractivity contribution in [3.8, 4) is 0 Å². The minimum atomic E-state index is -0.391. The summed E-state index contributed by atoms with van der Waals surface area (Å²) >= 11 is 3.38. The fourth-order valence-corrected chi connectivity index (χ4v) is 1.78. The number of likely N-dealkylation sites (N-methyl/N-ethyl adjacent to an activating group) is 1. The van der Waals surface area contributed by atoms with Gasteiger partial charge in [-0.15, -0.1) is 0 Å². The molecule has 0 fully saturated rings. The number of aliphatic hydroxyl groups is 1. The van der Waals surface area contributed by atoms with E-state index >= 15 is 0 Å². The van der Waals surface area contributed by atoms with Gasteiger partial charge in [0.05, 0.1) is 6.10 Å². The summed E-state index contributed by atoms with van der Waals surface area (Å²) in [6, 6.07) is 7.83. The van der Waals surface area contributed by atoms with Crippen LogP contribution in [-0.2, 0) is 0 Å². The van der Waals surface area contributed by atoms with Crippen molar-refractivity contribution < 1.29 is 5.11 Å². The lowest BCUT2D eigenvalue weighted by Crippen LogP contribution is -2.28. The van der Waals surface area contributed by atoms with Gasteiger partial charge in [0.1, 0.15) is 0 Å². The molecular weight excluding hydrogens is 254 g/mol. The average molecular weight is 272 g/mol. The monoisotopic (exact) mass is 271 g/mol. The van der Waals surface area contributed by atoms with Gasteiger partial charge in [-0.05, 0) is 30.8 Å². The van der Waals surface area contributed by atoms with Gasteiger partial charge in [0.2, 0.25) is 0 Å². The van der Waals surface area contributed by atoms with Crippen molar-refractivity contribution in [1.29, 1.82) is 0 Å². The summed E-state index contributed by atoms with van der Waals surface area (Å²) in [5.41, 5.74) is 0.977. The molecule has 15 heavy (non-hydrogen) atoms. The highest BCUT2D eigenvalue weighted by molar-refractivity contribution is 9.10. The van der Waals surface area contributed by atoms with Crippen LogP contribution in [0.4, 0.5) is 0 Å². The summed E-state index contributed by atoms with van der Waals surface area (Å²) in [5, 5.41) is 9.99. The van der Waals surface area contributed by atoms with Gasteiger partial charge in [-0.25, -0.2) is 0 Å². The van der Waals surface area contributed by atoms with Gasteiger partial charge in [-0.2, -0.15) is 0 Å². The third-order valence-corrected chi connectivity index (χ3v) is 3.11. The Hall–Kier alpha value is -0.380. The molecule has 0 radical (unpaired) electrons. The van der Waals surface area contributed by atoms with E-state index in [0.717, 1.165) is 23.1 Å². The van der Waals surface area contributed by atoms with Crippen LogP contribution in [0.1, 0.15) is 25.5 Å². The van der Waals surface area contributed by atoms with Gasteiger partial charge in [0, 0.05) is 11.0 Å². The molecule has 3 heteroatoms. The first-order chi connectivity index (χ1) is 7.17. The smallest absolute Gasteiger partial charge is 0.0916 e. The first-order valence-corrected chi connectivity index (χ1v) is 6.12. The van der Waals surface area contributed by atoms with Crippen molar-refractivity contribution in [3.05, 3.63) is 34.3 Å². The molecule has 0 amide bonds. The number of hydrogen-bond donors (Lipinski definition) is 1. The van der Waals surface area contributed by atoms with E-state index in [-0.39, 0.29) is 0 Å². The van der Waals surface area contributed by atoms with Gasteiger partial charge in [0.25, 0.3) is 0 Å². The summed E-state index contributed by atoms with van der Waals surface area (Å²) in [7, 11) is 0. The lowest BCUT2D eigenvalue weighted by molar-refractivity contribution is 0.119. The van der Waals surface area contributed by atoms with E-state index < -0.39 is 6.10 Å². The molecule has 1 aromatic rings. The second-order valence-electron chi connectivity index (χ2n) is 3.55. The summed E-state index contributed by atoms with van der Waals surface area (Å²) < 4.78 is 1.04. The summed E-state index contributed by atoms with van der Waals surface area (Å²) in [5.74, 6) is 0. The van der Waals surface area contributed by atoms with Crippen LogP contribution in [0.5, 0.6) is 0 Å². The largest absolute Gasteiger partial charge is 0.387 e. The van der Waals surface area contributed by atoms with Gasteiger partial charge in [-0.1, -0.05) is 41.9 Å². The Labute approximate surface area is 100 Å². The Morgan fingerprint density at radius 3 is 2.20 bits per heavy atom. The molecule has 0 aliphatic carbocycles. The van der Waals surface area contributed by atoms with Crippen LogP contribution in [0.15, 0.2) is 28.7 Å². The topological polar surface area (TPSA) is 23.5 Å². The standard InChI is InChI=1S/C12H18BrNO/c1-3-14(4-2)9-12(15)10-5-7-11(13)8-6-10/h5-8,12,15H,3-4,9H2,1-2H3.